The van der Waals surface area contributed by atoms with Crippen LogP contribution in [0.3, 0.4) is 0 Å². The molecule has 0 saturated carbocycles. The van der Waals surface area contributed by atoms with Gasteiger partial charge < -0.3 is 20.3 Å². The molecule has 1 atom stereocenters. The molecule has 0 aliphatic heterocycles. The molecule has 1 unspecified atom stereocenters. The summed E-state index contributed by atoms with van der Waals surface area (Å²) < 4.78 is 5.08. The van der Waals surface area contributed by atoms with Crippen LogP contribution in [-0.2, 0) is 0 Å². The third kappa shape index (κ3) is 3.84. The van der Waals surface area contributed by atoms with Crippen molar-refractivity contribution < 1.29 is 19.7 Å². The zero-order chi connectivity index (χ0) is 15.9. The quantitative estimate of drug-likeness (QED) is 0.678. The highest BCUT2D eigenvalue weighted by Crippen LogP contribution is 2.21. The summed E-state index contributed by atoms with van der Waals surface area (Å²) in [5, 5.41) is 21.2. The third-order valence-electron chi connectivity index (χ3n) is 3.26. The minimum atomic E-state index is -0.871. The second kappa shape index (κ2) is 7.59. The van der Waals surface area contributed by atoms with Crippen molar-refractivity contribution in [3.8, 4) is 5.75 Å². The summed E-state index contributed by atoms with van der Waals surface area (Å²) in [4.78, 5) is 12.6. The van der Waals surface area contributed by atoms with Gasteiger partial charge in [0.2, 0.25) is 0 Å². The second-order valence-electron chi connectivity index (χ2n) is 4.82. The Hall–Kier alpha value is -2.37. The van der Waals surface area contributed by atoms with Crippen LogP contribution in [0.5, 0.6) is 5.75 Å². The number of hydrogen-bond donors (Lipinski definition) is 3. The van der Waals surface area contributed by atoms with Crippen molar-refractivity contribution in [3.05, 3.63) is 59.7 Å². The Balaban J connectivity index is 2.21. The van der Waals surface area contributed by atoms with Crippen molar-refractivity contribution in [1.82, 2.24) is 0 Å². The monoisotopic (exact) mass is 301 g/mol. The number of para-hydroxylation sites is 1. The van der Waals surface area contributed by atoms with Crippen molar-refractivity contribution in [2.24, 2.45) is 0 Å². The molecule has 0 bridgehead atoms. The number of aliphatic hydroxyl groups is 2. The van der Waals surface area contributed by atoms with E-state index in [0.29, 0.717) is 22.6 Å². The van der Waals surface area contributed by atoms with Gasteiger partial charge in [-0.25, -0.2) is 0 Å². The van der Waals surface area contributed by atoms with E-state index in [1.54, 1.807) is 55.6 Å². The molecule has 0 fully saturated rings. The molecule has 3 N–H and O–H groups in total. The lowest BCUT2D eigenvalue weighted by atomic mass is 10.0. The highest BCUT2D eigenvalue weighted by atomic mass is 16.5. The van der Waals surface area contributed by atoms with Crippen LogP contribution < -0.4 is 10.1 Å². The largest absolute Gasteiger partial charge is 0.497 e. The van der Waals surface area contributed by atoms with Crippen LogP contribution in [0.15, 0.2) is 48.5 Å². The van der Waals surface area contributed by atoms with Crippen molar-refractivity contribution >= 4 is 11.5 Å². The molecule has 22 heavy (non-hydrogen) atoms. The van der Waals surface area contributed by atoms with Gasteiger partial charge in [-0.05, 0) is 36.4 Å². The molecular formula is C17H19NO4. The Morgan fingerprint density at radius 2 is 1.86 bits per heavy atom. The van der Waals surface area contributed by atoms with E-state index in [-0.39, 0.29) is 18.9 Å². The van der Waals surface area contributed by atoms with Gasteiger partial charge in [0, 0.05) is 23.4 Å². The smallest absolute Gasteiger partial charge is 0.195 e. The van der Waals surface area contributed by atoms with Crippen molar-refractivity contribution in [2.75, 3.05) is 25.6 Å². The van der Waals surface area contributed by atoms with Gasteiger partial charge in [0.05, 0.1) is 19.8 Å². The van der Waals surface area contributed by atoms with Crippen LogP contribution >= 0.6 is 0 Å². The van der Waals surface area contributed by atoms with Gasteiger partial charge >= 0.3 is 0 Å². The van der Waals surface area contributed by atoms with Crippen molar-refractivity contribution in [3.63, 3.8) is 0 Å². The third-order valence-corrected chi connectivity index (χ3v) is 3.26. The average molecular weight is 301 g/mol. The minimum Gasteiger partial charge on any atom is -0.497 e. The normalized spacial score (nSPS) is 11.8. The highest BCUT2D eigenvalue weighted by molar-refractivity contribution is 6.12. The van der Waals surface area contributed by atoms with Gasteiger partial charge in [-0.2, -0.15) is 0 Å². The lowest BCUT2D eigenvalue weighted by molar-refractivity contribution is 0.103. The first-order chi connectivity index (χ1) is 10.7. The fourth-order valence-electron chi connectivity index (χ4n) is 2.03. The van der Waals surface area contributed by atoms with E-state index >= 15 is 0 Å². The molecule has 2 aromatic carbocycles. The van der Waals surface area contributed by atoms with E-state index in [1.807, 2.05) is 0 Å². The number of carbonyl (C=O) groups is 1. The number of nitrogens with one attached hydrogen (secondary N) is 1. The number of rotatable bonds is 7. The topological polar surface area (TPSA) is 78.8 Å². The number of anilines is 1. The molecule has 0 aliphatic rings. The van der Waals surface area contributed by atoms with Gasteiger partial charge in [0.15, 0.2) is 5.78 Å². The number of ether oxygens (including phenoxy) is 1. The molecular weight excluding hydrogens is 282 g/mol. The summed E-state index contributed by atoms with van der Waals surface area (Å²) in [6, 6.07) is 14.0. The fraction of sp³-hybridized carbons (Fsp3) is 0.235. The van der Waals surface area contributed by atoms with Crippen LogP contribution in [0.2, 0.25) is 0 Å². The molecule has 0 aromatic heterocycles. The molecule has 116 valence electrons. The van der Waals surface area contributed by atoms with E-state index < -0.39 is 6.10 Å². The first-order valence-electron chi connectivity index (χ1n) is 6.96. The van der Waals surface area contributed by atoms with E-state index in [2.05, 4.69) is 5.32 Å². The zero-order valence-electron chi connectivity index (χ0n) is 12.3. The molecule has 2 rings (SSSR count). The zero-order valence-corrected chi connectivity index (χ0v) is 12.3. The summed E-state index contributed by atoms with van der Waals surface area (Å²) >= 11 is 0. The minimum absolute atomic E-state index is 0.121. The maximum Gasteiger partial charge on any atom is 0.195 e. The Labute approximate surface area is 129 Å². The maximum absolute atomic E-state index is 12.6. The molecule has 5 nitrogen and oxygen atoms in total. The second-order valence-corrected chi connectivity index (χ2v) is 4.82. The highest BCUT2D eigenvalue weighted by Gasteiger charge is 2.14. The van der Waals surface area contributed by atoms with Gasteiger partial charge in [0.25, 0.3) is 0 Å². The summed E-state index contributed by atoms with van der Waals surface area (Å²) in [6.07, 6.45) is -0.871. The van der Waals surface area contributed by atoms with Crippen LogP contribution in [0, 0.1) is 0 Å². The predicted octanol–water partition coefficient (Wildman–Crippen LogP) is 1.69. The van der Waals surface area contributed by atoms with Crippen LogP contribution in [0.25, 0.3) is 0 Å². The molecule has 0 heterocycles. The SMILES string of the molecule is COc1ccc(C(=O)c2ccccc2NCC(O)CO)cc1. The molecule has 0 amide bonds. The lowest BCUT2D eigenvalue weighted by Crippen LogP contribution is -2.23. The van der Waals surface area contributed by atoms with Gasteiger partial charge in [-0.3, -0.25) is 4.79 Å². The van der Waals surface area contributed by atoms with Crippen molar-refractivity contribution in [1.29, 1.82) is 0 Å². The lowest BCUT2D eigenvalue weighted by Gasteiger charge is -2.13. The molecule has 0 spiro atoms. The van der Waals surface area contributed by atoms with Gasteiger partial charge in [-0.15, -0.1) is 0 Å². The number of benzene rings is 2. The van der Waals surface area contributed by atoms with Gasteiger partial charge in [0.1, 0.15) is 5.75 Å². The molecule has 5 heteroatoms. The Morgan fingerprint density at radius 1 is 1.18 bits per heavy atom. The molecule has 0 saturated heterocycles. The molecule has 2 aromatic rings. The predicted molar refractivity (Wildman–Crippen MR) is 84.5 cm³/mol. The average Bonchev–Trinajstić information content (AvgIpc) is 2.59. The van der Waals surface area contributed by atoms with Crippen LogP contribution in [0.1, 0.15) is 15.9 Å². The van der Waals surface area contributed by atoms with E-state index in [9.17, 15) is 9.90 Å². The van der Waals surface area contributed by atoms with Crippen molar-refractivity contribution in [2.45, 2.75) is 6.10 Å². The number of methoxy groups -OCH3 is 1. The summed E-state index contributed by atoms with van der Waals surface area (Å²) in [5.41, 5.74) is 1.69. The number of hydrogen-bond acceptors (Lipinski definition) is 5. The summed E-state index contributed by atoms with van der Waals surface area (Å²) in [7, 11) is 1.57. The van der Waals surface area contributed by atoms with Crippen LogP contribution in [-0.4, -0.2) is 42.4 Å². The fourth-order valence-corrected chi connectivity index (χ4v) is 2.03. The standard InChI is InChI=1S/C17H19NO4/c1-22-14-8-6-12(7-9-14)17(21)15-4-2-3-5-16(15)18-10-13(20)11-19/h2-9,13,18-20H,10-11H2,1H3. The maximum atomic E-state index is 12.6. The van der Waals surface area contributed by atoms with Gasteiger partial charge in [-0.1, -0.05) is 12.1 Å². The summed E-state index contributed by atoms with van der Waals surface area (Å²) in [6.45, 7) is -0.162. The Kier molecular flexibility index (Phi) is 5.52. The van der Waals surface area contributed by atoms with E-state index in [1.165, 1.54) is 0 Å². The number of ketones is 1. The number of carbonyl (C=O) groups excluding carboxylic acids is 1. The molecule has 0 radical (unpaired) electrons. The first-order valence-corrected chi connectivity index (χ1v) is 6.96. The Bertz CT molecular complexity index is 625. The molecule has 0 aliphatic carbocycles. The Morgan fingerprint density at radius 3 is 2.50 bits per heavy atom. The van der Waals surface area contributed by atoms with Crippen LogP contribution in [0.4, 0.5) is 5.69 Å². The number of aliphatic hydroxyl groups excluding tert-OH is 2. The van der Waals surface area contributed by atoms with E-state index in [4.69, 9.17) is 9.84 Å². The first kappa shape index (κ1) is 16.0. The van der Waals surface area contributed by atoms with E-state index in [0.717, 1.165) is 0 Å². The summed E-state index contributed by atoms with van der Waals surface area (Å²) in [5.74, 6) is 0.568.